The third-order valence-electron chi connectivity index (χ3n) is 1.86. The second-order valence-electron chi connectivity index (χ2n) is 3.33. The van der Waals surface area contributed by atoms with Gasteiger partial charge in [0.1, 0.15) is 0 Å². The highest BCUT2D eigenvalue weighted by molar-refractivity contribution is 9.11. The molecule has 1 aromatic heterocycles. The van der Waals surface area contributed by atoms with Crippen LogP contribution in [0.25, 0.3) is 6.08 Å². The van der Waals surface area contributed by atoms with E-state index in [-0.39, 0.29) is 19.1 Å². The Balaban J connectivity index is 2.32. The molecule has 1 aromatic rings. The van der Waals surface area contributed by atoms with E-state index in [0.29, 0.717) is 0 Å². The van der Waals surface area contributed by atoms with Crippen molar-refractivity contribution in [1.82, 2.24) is 5.32 Å². The van der Waals surface area contributed by atoms with Gasteiger partial charge in [-0.2, -0.15) is 0 Å². The number of hydrogen-bond donors (Lipinski definition) is 2. The molecule has 1 unspecified atom stereocenters. The van der Waals surface area contributed by atoms with Crippen molar-refractivity contribution in [2.24, 2.45) is 0 Å². The Morgan fingerprint density at radius 1 is 1.71 bits per heavy atom. The summed E-state index contributed by atoms with van der Waals surface area (Å²) in [6, 6.07) is 3.84. The third kappa shape index (κ3) is 5.97. The van der Waals surface area contributed by atoms with Crippen molar-refractivity contribution in [2.75, 3.05) is 20.3 Å². The number of thiophene rings is 1. The molecule has 0 aromatic carbocycles. The molecule has 0 radical (unpaired) electrons. The average molecular weight is 320 g/mol. The molecule has 94 valence electrons. The zero-order valence-corrected chi connectivity index (χ0v) is 11.8. The molecule has 0 aliphatic rings. The summed E-state index contributed by atoms with van der Waals surface area (Å²) < 4.78 is 5.77. The van der Waals surface area contributed by atoms with Crippen LogP contribution >= 0.6 is 27.3 Å². The molecule has 1 rings (SSSR count). The van der Waals surface area contributed by atoms with Crippen LogP contribution in [0.15, 0.2) is 22.0 Å². The molecule has 0 spiro atoms. The first-order valence-electron chi connectivity index (χ1n) is 5.00. The summed E-state index contributed by atoms with van der Waals surface area (Å²) in [5.74, 6) is -0.232. The van der Waals surface area contributed by atoms with Gasteiger partial charge >= 0.3 is 0 Å². The molecule has 0 saturated carbocycles. The Hall–Kier alpha value is -0.690. The zero-order chi connectivity index (χ0) is 12.7. The lowest BCUT2D eigenvalue weighted by Crippen LogP contribution is -2.33. The van der Waals surface area contributed by atoms with Gasteiger partial charge < -0.3 is 15.2 Å². The first-order valence-corrected chi connectivity index (χ1v) is 6.61. The Kier molecular flexibility index (Phi) is 6.43. The molecule has 1 heterocycles. The van der Waals surface area contributed by atoms with Gasteiger partial charge in [0.2, 0.25) is 5.91 Å². The SMILES string of the molecule is COCC(O)CNC(=O)/C=C/c1ccc(Br)s1. The van der Waals surface area contributed by atoms with Crippen LogP contribution < -0.4 is 5.32 Å². The highest BCUT2D eigenvalue weighted by Gasteiger charge is 2.04. The number of methoxy groups -OCH3 is 1. The summed E-state index contributed by atoms with van der Waals surface area (Å²) in [4.78, 5) is 12.4. The standard InChI is InChI=1S/C11H14BrNO3S/c1-16-7-8(14)6-13-11(15)5-3-9-2-4-10(12)17-9/h2-5,8,14H,6-7H2,1H3,(H,13,15)/b5-3+. The fourth-order valence-electron chi connectivity index (χ4n) is 1.10. The third-order valence-corrected chi connectivity index (χ3v) is 3.45. The van der Waals surface area contributed by atoms with E-state index in [1.807, 2.05) is 12.1 Å². The van der Waals surface area contributed by atoms with E-state index in [1.54, 1.807) is 17.4 Å². The van der Waals surface area contributed by atoms with Crippen molar-refractivity contribution >= 4 is 39.2 Å². The van der Waals surface area contributed by atoms with E-state index in [9.17, 15) is 9.90 Å². The number of carbonyl (C=O) groups is 1. The molecule has 0 saturated heterocycles. The Bertz CT molecular complexity index is 392. The van der Waals surface area contributed by atoms with Crippen molar-refractivity contribution < 1.29 is 14.6 Å². The van der Waals surface area contributed by atoms with Crippen LogP contribution in [-0.4, -0.2) is 37.4 Å². The lowest BCUT2D eigenvalue weighted by Gasteiger charge is -2.08. The zero-order valence-electron chi connectivity index (χ0n) is 9.35. The minimum Gasteiger partial charge on any atom is -0.389 e. The molecule has 6 heteroatoms. The summed E-state index contributed by atoms with van der Waals surface area (Å²) in [6.45, 7) is 0.396. The normalized spacial score (nSPS) is 12.9. The van der Waals surface area contributed by atoms with Crippen LogP contribution in [0.3, 0.4) is 0 Å². The maximum Gasteiger partial charge on any atom is 0.244 e. The van der Waals surface area contributed by atoms with Gasteiger partial charge in [0.25, 0.3) is 0 Å². The van der Waals surface area contributed by atoms with Gasteiger partial charge in [-0.1, -0.05) is 0 Å². The first kappa shape index (κ1) is 14.4. The molecule has 0 fully saturated rings. The molecule has 4 nitrogen and oxygen atoms in total. The quantitative estimate of drug-likeness (QED) is 0.784. The van der Waals surface area contributed by atoms with E-state index in [2.05, 4.69) is 21.2 Å². The predicted molar refractivity (Wildman–Crippen MR) is 71.9 cm³/mol. The van der Waals surface area contributed by atoms with Crippen molar-refractivity contribution in [3.8, 4) is 0 Å². The highest BCUT2D eigenvalue weighted by atomic mass is 79.9. The lowest BCUT2D eigenvalue weighted by atomic mass is 10.3. The molecule has 0 bridgehead atoms. The van der Waals surface area contributed by atoms with Crippen molar-refractivity contribution in [1.29, 1.82) is 0 Å². The van der Waals surface area contributed by atoms with Crippen molar-refractivity contribution in [3.63, 3.8) is 0 Å². The van der Waals surface area contributed by atoms with E-state index >= 15 is 0 Å². The Labute approximate surface area is 112 Å². The number of aliphatic hydroxyl groups excluding tert-OH is 1. The number of rotatable bonds is 6. The second-order valence-corrected chi connectivity index (χ2v) is 5.82. The van der Waals surface area contributed by atoms with E-state index < -0.39 is 6.10 Å². The molecule has 1 atom stereocenters. The summed E-state index contributed by atoms with van der Waals surface area (Å²) in [5, 5.41) is 11.9. The van der Waals surface area contributed by atoms with Gasteiger partial charge in [0, 0.05) is 24.6 Å². The van der Waals surface area contributed by atoms with E-state index in [0.717, 1.165) is 8.66 Å². The lowest BCUT2D eigenvalue weighted by molar-refractivity contribution is -0.117. The number of aliphatic hydroxyl groups is 1. The maximum atomic E-state index is 11.4. The molecule has 2 N–H and O–H groups in total. The number of hydrogen-bond acceptors (Lipinski definition) is 4. The number of carbonyl (C=O) groups excluding carboxylic acids is 1. The van der Waals surface area contributed by atoms with E-state index in [4.69, 9.17) is 4.74 Å². The summed E-state index contributed by atoms with van der Waals surface area (Å²) in [7, 11) is 1.50. The first-order chi connectivity index (χ1) is 8.11. The summed E-state index contributed by atoms with van der Waals surface area (Å²) in [6.07, 6.45) is 2.50. The largest absolute Gasteiger partial charge is 0.389 e. The fraction of sp³-hybridized carbons (Fsp3) is 0.364. The topological polar surface area (TPSA) is 58.6 Å². The molecule has 0 aliphatic carbocycles. The fourth-order valence-corrected chi connectivity index (χ4v) is 2.43. The smallest absolute Gasteiger partial charge is 0.244 e. The van der Waals surface area contributed by atoms with Gasteiger partial charge in [-0.3, -0.25) is 4.79 Å². The van der Waals surface area contributed by atoms with Crippen LogP contribution in [0.5, 0.6) is 0 Å². The van der Waals surface area contributed by atoms with Crippen LogP contribution in [0.4, 0.5) is 0 Å². The van der Waals surface area contributed by atoms with Gasteiger partial charge in [0.15, 0.2) is 0 Å². The minimum atomic E-state index is -0.673. The van der Waals surface area contributed by atoms with Crippen molar-refractivity contribution in [3.05, 3.63) is 26.9 Å². The monoisotopic (exact) mass is 319 g/mol. The molecular weight excluding hydrogens is 306 g/mol. The molecule has 1 amide bonds. The number of ether oxygens (including phenoxy) is 1. The summed E-state index contributed by atoms with van der Waals surface area (Å²) in [5.41, 5.74) is 0. The van der Waals surface area contributed by atoms with Gasteiger partial charge in [-0.05, 0) is 34.1 Å². The Morgan fingerprint density at radius 3 is 3.06 bits per heavy atom. The Morgan fingerprint density at radius 2 is 2.47 bits per heavy atom. The summed E-state index contributed by atoms with van der Waals surface area (Å²) >= 11 is 4.89. The van der Waals surface area contributed by atoms with Crippen molar-refractivity contribution in [2.45, 2.75) is 6.10 Å². The number of halogens is 1. The molecule has 17 heavy (non-hydrogen) atoms. The molecule has 0 aliphatic heterocycles. The van der Waals surface area contributed by atoms with Gasteiger partial charge in [0.05, 0.1) is 16.5 Å². The number of amides is 1. The van der Waals surface area contributed by atoms with Crippen LogP contribution in [0, 0.1) is 0 Å². The van der Waals surface area contributed by atoms with Crippen LogP contribution in [0.1, 0.15) is 4.88 Å². The van der Waals surface area contributed by atoms with Gasteiger partial charge in [-0.15, -0.1) is 11.3 Å². The van der Waals surface area contributed by atoms with Gasteiger partial charge in [-0.25, -0.2) is 0 Å². The maximum absolute atomic E-state index is 11.4. The minimum absolute atomic E-state index is 0.186. The van der Waals surface area contributed by atoms with Crippen LogP contribution in [-0.2, 0) is 9.53 Å². The second kappa shape index (κ2) is 7.60. The average Bonchev–Trinajstić information content (AvgIpc) is 2.70. The van der Waals surface area contributed by atoms with E-state index in [1.165, 1.54) is 13.2 Å². The highest BCUT2D eigenvalue weighted by Crippen LogP contribution is 2.22. The van der Waals surface area contributed by atoms with Crippen LogP contribution in [0.2, 0.25) is 0 Å². The molecular formula is C11H14BrNO3S. The predicted octanol–water partition coefficient (Wildman–Crippen LogP) is 1.65. The number of nitrogens with one attached hydrogen (secondary N) is 1.